The van der Waals surface area contributed by atoms with E-state index in [-0.39, 0.29) is 5.92 Å². The highest BCUT2D eigenvalue weighted by Gasteiger charge is 2.27. The van der Waals surface area contributed by atoms with Gasteiger partial charge in [-0.2, -0.15) is 0 Å². The highest BCUT2D eigenvalue weighted by atomic mass is 16.5. The monoisotopic (exact) mass is 266 g/mol. The van der Waals surface area contributed by atoms with Gasteiger partial charge in [-0.1, -0.05) is 37.3 Å². The molecule has 0 unspecified atom stereocenters. The van der Waals surface area contributed by atoms with Gasteiger partial charge in [-0.3, -0.25) is 4.79 Å². The highest BCUT2D eigenvalue weighted by Crippen LogP contribution is 2.15. The molecule has 0 aromatic heterocycles. The summed E-state index contributed by atoms with van der Waals surface area (Å²) in [7, 11) is 1.32. The van der Waals surface area contributed by atoms with Gasteiger partial charge in [-0.25, -0.2) is 0 Å². The maximum Gasteiger partial charge on any atom is 0.311 e. The molecule has 3 atom stereocenters. The molecule has 0 amide bonds. The summed E-state index contributed by atoms with van der Waals surface area (Å²) in [6.07, 6.45) is -0.761. The number of aliphatic hydroxyl groups is 1. The molecule has 0 spiro atoms. The van der Waals surface area contributed by atoms with Crippen LogP contribution in [0.5, 0.6) is 0 Å². The van der Waals surface area contributed by atoms with E-state index in [0.29, 0.717) is 13.2 Å². The number of hydrogen-bond donors (Lipinski definition) is 1. The second-order valence-corrected chi connectivity index (χ2v) is 4.78. The number of methoxy groups -OCH3 is 1. The van der Waals surface area contributed by atoms with Crippen LogP contribution >= 0.6 is 0 Å². The Morgan fingerprint density at radius 2 is 1.89 bits per heavy atom. The van der Waals surface area contributed by atoms with Crippen LogP contribution in [0.2, 0.25) is 0 Å². The summed E-state index contributed by atoms with van der Waals surface area (Å²) < 4.78 is 10.2. The first-order chi connectivity index (χ1) is 9.06. The molecule has 0 bridgehead atoms. The minimum atomic E-state index is -0.761. The quantitative estimate of drug-likeness (QED) is 0.767. The Morgan fingerprint density at radius 1 is 1.26 bits per heavy atom. The van der Waals surface area contributed by atoms with Crippen molar-refractivity contribution in [2.45, 2.75) is 26.6 Å². The van der Waals surface area contributed by atoms with Gasteiger partial charge in [0.1, 0.15) is 0 Å². The molecule has 1 N–H and O–H groups in total. The van der Waals surface area contributed by atoms with Crippen LogP contribution in [0.4, 0.5) is 0 Å². The van der Waals surface area contributed by atoms with Gasteiger partial charge in [0.05, 0.1) is 32.3 Å². The fraction of sp³-hybridized carbons (Fsp3) is 0.533. The van der Waals surface area contributed by atoms with E-state index in [2.05, 4.69) is 4.74 Å². The standard InChI is InChI=1S/C15H22O4/c1-11(14(16)12(2)15(17)18-3)9-19-10-13-7-5-4-6-8-13/h4-8,11-12,14,16H,9-10H2,1-3H3/t11-,12-,14-/m1/s1. The first-order valence-electron chi connectivity index (χ1n) is 6.43. The Balaban J connectivity index is 2.34. The molecule has 0 aliphatic carbocycles. The largest absolute Gasteiger partial charge is 0.469 e. The first-order valence-corrected chi connectivity index (χ1v) is 6.43. The number of benzene rings is 1. The predicted octanol–water partition coefficient (Wildman–Crippen LogP) is 2.01. The molecule has 0 heterocycles. The van der Waals surface area contributed by atoms with Gasteiger partial charge in [0, 0.05) is 5.92 Å². The molecular weight excluding hydrogens is 244 g/mol. The van der Waals surface area contributed by atoms with Crippen molar-refractivity contribution in [1.82, 2.24) is 0 Å². The second kappa shape index (κ2) is 7.92. The van der Waals surface area contributed by atoms with Gasteiger partial charge in [0.2, 0.25) is 0 Å². The number of carbonyl (C=O) groups is 1. The van der Waals surface area contributed by atoms with E-state index >= 15 is 0 Å². The average molecular weight is 266 g/mol. The molecule has 0 aliphatic heterocycles. The van der Waals surface area contributed by atoms with Crippen molar-refractivity contribution in [3.8, 4) is 0 Å². The van der Waals surface area contributed by atoms with Crippen LogP contribution in [0.1, 0.15) is 19.4 Å². The zero-order valence-corrected chi connectivity index (χ0v) is 11.7. The Kier molecular flexibility index (Phi) is 6.53. The van der Waals surface area contributed by atoms with Crippen LogP contribution in [-0.4, -0.2) is 30.9 Å². The van der Waals surface area contributed by atoms with Crippen molar-refractivity contribution in [3.63, 3.8) is 0 Å². The van der Waals surface area contributed by atoms with Gasteiger partial charge in [-0.05, 0) is 12.5 Å². The molecule has 1 rings (SSSR count). The van der Waals surface area contributed by atoms with Crippen molar-refractivity contribution in [2.24, 2.45) is 11.8 Å². The molecule has 1 aromatic rings. The van der Waals surface area contributed by atoms with E-state index in [1.54, 1.807) is 6.92 Å². The van der Waals surface area contributed by atoms with Gasteiger partial charge >= 0.3 is 5.97 Å². The van der Waals surface area contributed by atoms with Crippen molar-refractivity contribution < 1.29 is 19.4 Å². The Morgan fingerprint density at radius 3 is 2.47 bits per heavy atom. The second-order valence-electron chi connectivity index (χ2n) is 4.78. The molecule has 0 fully saturated rings. The van der Waals surface area contributed by atoms with E-state index in [1.807, 2.05) is 37.3 Å². The molecule has 1 aromatic carbocycles. The van der Waals surface area contributed by atoms with Crippen LogP contribution in [0.25, 0.3) is 0 Å². The van der Waals surface area contributed by atoms with Crippen molar-refractivity contribution in [1.29, 1.82) is 0 Å². The Bertz CT molecular complexity index is 377. The number of rotatable bonds is 7. The molecule has 0 saturated heterocycles. The third kappa shape index (κ3) is 5.01. The molecule has 0 aliphatic rings. The summed E-state index contributed by atoms with van der Waals surface area (Å²) in [6.45, 7) is 4.42. The third-order valence-electron chi connectivity index (χ3n) is 3.16. The molecule has 4 heteroatoms. The zero-order chi connectivity index (χ0) is 14.3. The lowest BCUT2D eigenvalue weighted by Gasteiger charge is -2.23. The third-order valence-corrected chi connectivity index (χ3v) is 3.16. The van der Waals surface area contributed by atoms with Gasteiger partial charge < -0.3 is 14.6 Å². The van der Waals surface area contributed by atoms with Gasteiger partial charge in [0.25, 0.3) is 0 Å². The minimum absolute atomic E-state index is 0.127. The van der Waals surface area contributed by atoms with Crippen molar-refractivity contribution in [3.05, 3.63) is 35.9 Å². The highest BCUT2D eigenvalue weighted by molar-refractivity contribution is 5.72. The summed E-state index contributed by atoms with van der Waals surface area (Å²) >= 11 is 0. The fourth-order valence-electron chi connectivity index (χ4n) is 1.85. The summed E-state index contributed by atoms with van der Waals surface area (Å²) in [6, 6.07) is 9.83. The van der Waals surface area contributed by atoms with Crippen molar-refractivity contribution in [2.75, 3.05) is 13.7 Å². The Labute approximate surface area is 114 Å². The summed E-state index contributed by atoms with van der Waals surface area (Å²) in [5.41, 5.74) is 1.09. The number of carbonyl (C=O) groups excluding carboxylic acids is 1. The first kappa shape index (κ1) is 15.7. The molecule has 0 saturated carbocycles. The number of esters is 1. The van der Waals surface area contributed by atoms with Crippen molar-refractivity contribution >= 4 is 5.97 Å². The minimum Gasteiger partial charge on any atom is -0.469 e. The zero-order valence-electron chi connectivity index (χ0n) is 11.7. The summed E-state index contributed by atoms with van der Waals surface area (Å²) in [5, 5.41) is 10.0. The summed E-state index contributed by atoms with van der Waals surface area (Å²) in [5.74, 6) is -1.07. The van der Waals surface area contributed by atoms with E-state index < -0.39 is 18.0 Å². The Hall–Kier alpha value is -1.39. The summed E-state index contributed by atoms with van der Waals surface area (Å²) in [4.78, 5) is 11.3. The van der Waals surface area contributed by atoms with E-state index in [1.165, 1.54) is 7.11 Å². The topological polar surface area (TPSA) is 55.8 Å². The number of ether oxygens (including phenoxy) is 2. The maximum atomic E-state index is 11.3. The lowest BCUT2D eigenvalue weighted by Crippen LogP contribution is -2.34. The van der Waals surface area contributed by atoms with E-state index in [0.717, 1.165) is 5.56 Å². The molecule has 106 valence electrons. The van der Waals surface area contributed by atoms with Crippen LogP contribution in [0, 0.1) is 11.8 Å². The average Bonchev–Trinajstić information content (AvgIpc) is 2.45. The van der Waals surface area contributed by atoms with E-state index in [4.69, 9.17) is 4.74 Å². The van der Waals surface area contributed by atoms with Crippen LogP contribution in [0.15, 0.2) is 30.3 Å². The lowest BCUT2D eigenvalue weighted by atomic mass is 9.94. The molecule has 0 radical (unpaired) electrons. The predicted molar refractivity (Wildman–Crippen MR) is 72.4 cm³/mol. The SMILES string of the molecule is COC(=O)[C@H](C)[C@H](O)[C@H](C)COCc1ccccc1. The number of aliphatic hydroxyl groups excluding tert-OH is 1. The van der Waals surface area contributed by atoms with Crippen LogP contribution < -0.4 is 0 Å². The normalized spacial score (nSPS) is 15.6. The van der Waals surface area contributed by atoms with Crippen LogP contribution in [-0.2, 0) is 20.9 Å². The smallest absolute Gasteiger partial charge is 0.311 e. The maximum absolute atomic E-state index is 11.3. The number of hydrogen-bond acceptors (Lipinski definition) is 4. The van der Waals surface area contributed by atoms with Crippen LogP contribution in [0.3, 0.4) is 0 Å². The van der Waals surface area contributed by atoms with E-state index in [9.17, 15) is 9.90 Å². The van der Waals surface area contributed by atoms with Gasteiger partial charge in [0.15, 0.2) is 0 Å². The fourth-order valence-corrected chi connectivity index (χ4v) is 1.85. The lowest BCUT2D eigenvalue weighted by molar-refractivity contribution is -0.150. The van der Waals surface area contributed by atoms with Gasteiger partial charge in [-0.15, -0.1) is 0 Å². The molecule has 4 nitrogen and oxygen atoms in total. The molecular formula is C15H22O4. The molecule has 19 heavy (non-hydrogen) atoms.